The summed E-state index contributed by atoms with van der Waals surface area (Å²) in [5.41, 5.74) is 0.769. The maximum Gasteiger partial charge on any atom is 0.321 e. The first-order valence-electron chi connectivity index (χ1n) is 9.71. The molecule has 7 heteroatoms. The lowest BCUT2D eigenvalue weighted by Gasteiger charge is -2.51. The molecule has 7 nitrogen and oxygen atoms in total. The second kappa shape index (κ2) is 8.91. The summed E-state index contributed by atoms with van der Waals surface area (Å²) >= 11 is 0. The fourth-order valence-electron chi connectivity index (χ4n) is 4.24. The van der Waals surface area contributed by atoms with E-state index in [1.165, 1.54) is 0 Å². The molecule has 0 radical (unpaired) electrons. The minimum absolute atomic E-state index is 0.0572. The molecule has 0 saturated carbocycles. The smallest absolute Gasteiger partial charge is 0.321 e. The lowest BCUT2D eigenvalue weighted by Crippen LogP contribution is -2.64. The Hall–Kier alpha value is -1.83. The largest absolute Gasteiger partial charge is 0.497 e. The molecule has 2 saturated heterocycles. The van der Waals surface area contributed by atoms with Gasteiger partial charge in [0.15, 0.2) is 0 Å². The molecule has 3 rings (SSSR count). The Morgan fingerprint density at radius 1 is 1.30 bits per heavy atom. The maximum atomic E-state index is 12.9. The van der Waals surface area contributed by atoms with Crippen molar-refractivity contribution in [3.63, 3.8) is 0 Å². The molecule has 2 heterocycles. The summed E-state index contributed by atoms with van der Waals surface area (Å²) in [6.45, 7) is 3.63. The van der Waals surface area contributed by atoms with Crippen molar-refractivity contribution in [3.05, 3.63) is 24.3 Å². The van der Waals surface area contributed by atoms with E-state index in [1.807, 2.05) is 29.2 Å². The number of nitrogens with zero attached hydrogens (tertiary/aromatic N) is 3. The SMILES string of the molecule is COc1ccc(NC(=O)N2CC(CN(C)C)CCN3[C@H](CO)C[C@@H]3C2)cc1. The Labute approximate surface area is 161 Å². The van der Waals surface area contributed by atoms with Crippen LogP contribution in [0.4, 0.5) is 10.5 Å². The molecular formula is C20H32N4O3. The Morgan fingerprint density at radius 3 is 2.67 bits per heavy atom. The van der Waals surface area contributed by atoms with Gasteiger partial charge in [0, 0.05) is 37.4 Å². The number of urea groups is 1. The molecule has 1 aromatic carbocycles. The van der Waals surface area contributed by atoms with Crippen LogP contribution in [-0.2, 0) is 0 Å². The summed E-state index contributed by atoms with van der Waals surface area (Å²) in [4.78, 5) is 19.4. The average molecular weight is 377 g/mol. The number of aliphatic hydroxyl groups is 1. The molecule has 0 bridgehead atoms. The third-order valence-electron chi connectivity index (χ3n) is 5.65. The molecule has 0 aromatic heterocycles. The molecule has 2 N–H and O–H groups in total. The number of nitrogens with one attached hydrogen (secondary N) is 1. The zero-order chi connectivity index (χ0) is 19.4. The molecule has 0 aliphatic carbocycles. The van der Waals surface area contributed by atoms with E-state index in [4.69, 9.17) is 4.74 Å². The number of carbonyl (C=O) groups excluding carboxylic acids is 1. The zero-order valence-corrected chi connectivity index (χ0v) is 16.6. The normalized spacial score (nSPS) is 26.0. The first-order chi connectivity index (χ1) is 13.0. The van der Waals surface area contributed by atoms with Gasteiger partial charge in [-0.25, -0.2) is 4.79 Å². The van der Waals surface area contributed by atoms with Gasteiger partial charge in [0.05, 0.1) is 13.7 Å². The van der Waals surface area contributed by atoms with Crippen molar-refractivity contribution in [2.75, 3.05) is 59.3 Å². The van der Waals surface area contributed by atoms with E-state index in [1.54, 1.807) is 7.11 Å². The molecular weight excluding hydrogens is 344 g/mol. The van der Waals surface area contributed by atoms with Crippen LogP contribution in [0.15, 0.2) is 24.3 Å². The highest BCUT2D eigenvalue weighted by Gasteiger charge is 2.41. The Balaban J connectivity index is 1.68. The molecule has 2 aliphatic heterocycles. The van der Waals surface area contributed by atoms with E-state index in [0.29, 0.717) is 18.5 Å². The summed E-state index contributed by atoms with van der Waals surface area (Å²) in [7, 11) is 5.77. The maximum absolute atomic E-state index is 12.9. The number of benzene rings is 1. The van der Waals surface area contributed by atoms with Crippen LogP contribution in [0.2, 0.25) is 0 Å². The number of fused-ring (bicyclic) bond motifs is 1. The fraction of sp³-hybridized carbons (Fsp3) is 0.650. The van der Waals surface area contributed by atoms with Gasteiger partial charge in [0.1, 0.15) is 5.75 Å². The standard InChI is InChI=1S/C20H32N4O3/c1-22(2)11-15-8-9-24-17(10-18(24)14-25)13-23(12-15)20(26)21-16-4-6-19(27-3)7-5-16/h4-7,15,17-18,25H,8-14H2,1-3H3,(H,21,26)/t15?,17-,18+/m1/s1. The van der Waals surface area contributed by atoms with Crippen LogP contribution >= 0.6 is 0 Å². The van der Waals surface area contributed by atoms with Crippen LogP contribution in [0.3, 0.4) is 0 Å². The minimum atomic E-state index is -0.0572. The highest BCUT2D eigenvalue weighted by Crippen LogP contribution is 2.30. The summed E-state index contributed by atoms with van der Waals surface area (Å²) < 4.78 is 5.17. The Bertz CT molecular complexity index is 622. The Morgan fingerprint density at radius 2 is 2.04 bits per heavy atom. The van der Waals surface area contributed by atoms with Gasteiger partial charge in [-0.15, -0.1) is 0 Å². The van der Waals surface area contributed by atoms with Crippen LogP contribution in [0.25, 0.3) is 0 Å². The number of anilines is 1. The second-order valence-electron chi connectivity index (χ2n) is 7.94. The molecule has 0 spiro atoms. The van der Waals surface area contributed by atoms with Crippen LogP contribution in [0.1, 0.15) is 12.8 Å². The van der Waals surface area contributed by atoms with Crippen molar-refractivity contribution in [3.8, 4) is 5.75 Å². The van der Waals surface area contributed by atoms with Crippen molar-refractivity contribution >= 4 is 11.7 Å². The van der Waals surface area contributed by atoms with Crippen molar-refractivity contribution in [2.45, 2.75) is 24.9 Å². The fourth-order valence-corrected chi connectivity index (χ4v) is 4.24. The van der Waals surface area contributed by atoms with Crippen molar-refractivity contribution in [1.29, 1.82) is 0 Å². The highest BCUT2D eigenvalue weighted by molar-refractivity contribution is 5.89. The first-order valence-corrected chi connectivity index (χ1v) is 9.71. The number of carbonyl (C=O) groups is 1. The van der Waals surface area contributed by atoms with Gasteiger partial charge >= 0.3 is 6.03 Å². The van der Waals surface area contributed by atoms with Gasteiger partial charge in [-0.05, 0) is 63.7 Å². The zero-order valence-electron chi connectivity index (χ0n) is 16.6. The topological polar surface area (TPSA) is 68.3 Å². The van der Waals surface area contributed by atoms with E-state index < -0.39 is 0 Å². The highest BCUT2D eigenvalue weighted by atomic mass is 16.5. The predicted molar refractivity (Wildman–Crippen MR) is 106 cm³/mol. The van der Waals surface area contributed by atoms with Gasteiger partial charge in [-0.3, -0.25) is 4.90 Å². The molecule has 27 heavy (non-hydrogen) atoms. The Kier molecular flexibility index (Phi) is 6.57. The van der Waals surface area contributed by atoms with Crippen LogP contribution in [0.5, 0.6) is 5.75 Å². The third kappa shape index (κ3) is 4.91. The van der Waals surface area contributed by atoms with E-state index in [0.717, 1.165) is 43.9 Å². The van der Waals surface area contributed by atoms with E-state index in [-0.39, 0.29) is 18.7 Å². The number of methoxy groups -OCH3 is 1. The van der Waals surface area contributed by atoms with Gasteiger partial charge in [0.25, 0.3) is 0 Å². The van der Waals surface area contributed by atoms with Gasteiger partial charge < -0.3 is 25.0 Å². The summed E-state index contributed by atoms with van der Waals surface area (Å²) in [5, 5.41) is 12.6. The predicted octanol–water partition coefficient (Wildman–Crippen LogP) is 1.55. The molecule has 3 atom stereocenters. The number of ether oxygens (including phenoxy) is 1. The molecule has 1 aromatic rings. The molecule has 2 aliphatic rings. The molecule has 2 fully saturated rings. The monoisotopic (exact) mass is 376 g/mol. The van der Waals surface area contributed by atoms with Crippen LogP contribution in [-0.4, -0.2) is 91.9 Å². The molecule has 150 valence electrons. The summed E-state index contributed by atoms with van der Waals surface area (Å²) in [6, 6.07) is 7.95. The lowest BCUT2D eigenvalue weighted by atomic mass is 9.89. The molecule has 2 amide bonds. The number of hydrogen-bond acceptors (Lipinski definition) is 5. The second-order valence-corrected chi connectivity index (χ2v) is 7.94. The van der Waals surface area contributed by atoms with Crippen LogP contribution in [0, 0.1) is 5.92 Å². The van der Waals surface area contributed by atoms with Gasteiger partial charge in [-0.2, -0.15) is 0 Å². The van der Waals surface area contributed by atoms with Crippen LogP contribution < -0.4 is 10.1 Å². The number of rotatable bonds is 5. The molecule has 1 unspecified atom stereocenters. The van der Waals surface area contributed by atoms with Crippen molar-refractivity contribution in [2.24, 2.45) is 5.92 Å². The van der Waals surface area contributed by atoms with E-state index in [9.17, 15) is 9.90 Å². The summed E-state index contributed by atoms with van der Waals surface area (Å²) in [6.07, 6.45) is 2.00. The van der Waals surface area contributed by atoms with Crippen molar-refractivity contribution < 1.29 is 14.6 Å². The summed E-state index contributed by atoms with van der Waals surface area (Å²) in [5.74, 6) is 1.19. The third-order valence-corrected chi connectivity index (χ3v) is 5.65. The minimum Gasteiger partial charge on any atom is -0.497 e. The lowest BCUT2D eigenvalue weighted by molar-refractivity contribution is -0.0419. The average Bonchev–Trinajstić information content (AvgIpc) is 2.62. The van der Waals surface area contributed by atoms with E-state index >= 15 is 0 Å². The van der Waals surface area contributed by atoms with E-state index in [2.05, 4.69) is 29.2 Å². The van der Waals surface area contributed by atoms with Crippen molar-refractivity contribution in [1.82, 2.24) is 14.7 Å². The van der Waals surface area contributed by atoms with Gasteiger partial charge in [-0.1, -0.05) is 0 Å². The first kappa shape index (κ1) is 19.9. The number of amides is 2. The quantitative estimate of drug-likeness (QED) is 0.816. The van der Waals surface area contributed by atoms with Gasteiger partial charge in [0.2, 0.25) is 0 Å². The number of hydrogen-bond donors (Lipinski definition) is 2. The number of aliphatic hydroxyl groups excluding tert-OH is 1.